The first-order valence-electron chi connectivity index (χ1n) is 5.14. The molecule has 0 fully saturated rings. The molecule has 1 aromatic rings. The number of nitro groups is 1. The van der Waals surface area contributed by atoms with Gasteiger partial charge in [-0.25, -0.2) is 0 Å². The number of aromatic nitrogens is 1. The topological polar surface area (TPSA) is 65.1 Å². The van der Waals surface area contributed by atoms with E-state index in [0.717, 1.165) is 12.8 Å². The van der Waals surface area contributed by atoms with Gasteiger partial charge in [0.1, 0.15) is 0 Å². The third-order valence-electron chi connectivity index (χ3n) is 2.11. The first-order valence-corrected chi connectivity index (χ1v) is 5.14. The van der Waals surface area contributed by atoms with Crippen molar-refractivity contribution in [2.45, 2.75) is 26.3 Å². The summed E-state index contributed by atoms with van der Waals surface area (Å²) in [6.07, 6.45) is 8.68. The number of allylic oxidation sites excluding steroid dienone is 2. The molecule has 0 saturated heterocycles. The fourth-order valence-corrected chi connectivity index (χ4v) is 1.30. The number of nitrogens with zero attached hydrogens (tertiary/aromatic N) is 2. The Morgan fingerprint density at radius 2 is 2.25 bits per heavy atom. The maximum Gasteiger partial charge on any atom is 0.332 e. The van der Waals surface area contributed by atoms with Crippen LogP contribution in [0.1, 0.15) is 19.8 Å². The summed E-state index contributed by atoms with van der Waals surface area (Å²) in [4.78, 5) is 21.0. The predicted molar refractivity (Wildman–Crippen MR) is 61.4 cm³/mol. The summed E-state index contributed by atoms with van der Waals surface area (Å²) in [6.45, 7) is 2.68. The SMILES string of the molecule is CCC=CCCn1ccc(=O)c([N+](=O)[O-])c1. The Kier molecular flexibility index (Phi) is 4.44. The van der Waals surface area contributed by atoms with Crippen LogP contribution in [0, 0.1) is 10.1 Å². The fraction of sp³-hybridized carbons (Fsp3) is 0.364. The van der Waals surface area contributed by atoms with Crippen LogP contribution in [0.3, 0.4) is 0 Å². The third kappa shape index (κ3) is 3.34. The van der Waals surface area contributed by atoms with Crippen molar-refractivity contribution in [3.05, 3.63) is 50.9 Å². The van der Waals surface area contributed by atoms with Crippen molar-refractivity contribution >= 4 is 5.69 Å². The average Bonchev–Trinajstić information content (AvgIpc) is 2.26. The summed E-state index contributed by atoms with van der Waals surface area (Å²) < 4.78 is 1.65. The van der Waals surface area contributed by atoms with Crippen LogP contribution in [0.25, 0.3) is 0 Å². The molecule has 1 heterocycles. The molecule has 5 heteroatoms. The van der Waals surface area contributed by atoms with Crippen LogP contribution in [-0.4, -0.2) is 9.49 Å². The van der Waals surface area contributed by atoms with E-state index in [1.54, 1.807) is 10.8 Å². The molecule has 0 atom stereocenters. The van der Waals surface area contributed by atoms with Gasteiger partial charge in [0.05, 0.1) is 11.1 Å². The van der Waals surface area contributed by atoms with Crippen LogP contribution in [0.15, 0.2) is 35.4 Å². The lowest BCUT2D eigenvalue weighted by molar-refractivity contribution is -0.386. The molecule has 5 nitrogen and oxygen atoms in total. The second-order valence-electron chi connectivity index (χ2n) is 3.36. The molecule has 0 unspecified atom stereocenters. The highest BCUT2D eigenvalue weighted by Crippen LogP contribution is 2.03. The molecule has 1 aromatic heterocycles. The maximum absolute atomic E-state index is 11.1. The number of pyridine rings is 1. The van der Waals surface area contributed by atoms with E-state index in [4.69, 9.17) is 0 Å². The lowest BCUT2D eigenvalue weighted by Crippen LogP contribution is -2.10. The highest BCUT2D eigenvalue weighted by molar-refractivity contribution is 5.25. The van der Waals surface area contributed by atoms with Gasteiger partial charge in [-0.05, 0) is 12.8 Å². The van der Waals surface area contributed by atoms with Gasteiger partial charge in [-0.15, -0.1) is 0 Å². The second kappa shape index (κ2) is 5.85. The van der Waals surface area contributed by atoms with Gasteiger partial charge in [0.25, 0.3) is 5.43 Å². The van der Waals surface area contributed by atoms with Crippen LogP contribution in [0.4, 0.5) is 5.69 Å². The summed E-state index contributed by atoms with van der Waals surface area (Å²) in [7, 11) is 0. The van der Waals surface area contributed by atoms with E-state index in [1.165, 1.54) is 12.3 Å². The molecule has 0 aromatic carbocycles. The Bertz CT molecular complexity index is 449. The third-order valence-corrected chi connectivity index (χ3v) is 2.11. The van der Waals surface area contributed by atoms with Crippen molar-refractivity contribution in [1.82, 2.24) is 4.57 Å². The minimum atomic E-state index is -0.652. The van der Waals surface area contributed by atoms with E-state index in [9.17, 15) is 14.9 Å². The van der Waals surface area contributed by atoms with Crippen molar-refractivity contribution in [3.63, 3.8) is 0 Å². The monoisotopic (exact) mass is 222 g/mol. The van der Waals surface area contributed by atoms with Gasteiger partial charge in [0.15, 0.2) is 0 Å². The molecule has 0 saturated carbocycles. The average molecular weight is 222 g/mol. The van der Waals surface area contributed by atoms with Gasteiger partial charge < -0.3 is 4.57 Å². The number of hydrogen-bond acceptors (Lipinski definition) is 3. The molecule has 0 amide bonds. The Balaban J connectivity index is 2.75. The Morgan fingerprint density at radius 1 is 1.50 bits per heavy atom. The molecule has 0 aliphatic rings. The minimum absolute atomic E-state index is 0.373. The first kappa shape index (κ1) is 12.2. The normalized spacial score (nSPS) is 10.8. The van der Waals surface area contributed by atoms with Crippen LogP contribution in [0.5, 0.6) is 0 Å². The van der Waals surface area contributed by atoms with Gasteiger partial charge in [-0.2, -0.15) is 0 Å². The molecule has 0 N–H and O–H groups in total. The first-order chi connectivity index (χ1) is 7.65. The highest BCUT2D eigenvalue weighted by Gasteiger charge is 2.10. The largest absolute Gasteiger partial charge is 0.348 e. The van der Waals surface area contributed by atoms with Crippen LogP contribution < -0.4 is 5.43 Å². The smallest absolute Gasteiger partial charge is 0.332 e. The van der Waals surface area contributed by atoms with Crippen molar-refractivity contribution in [3.8, 4) is 0 Å². The van der Waals surface area contributed by atoms with E-state index in [2.05, 4.69) is 0 Å². The van der Waals surface area contributed by atoms with Crippen molar-refractivity contribution in [2.75, 3.05) is 0 Å². The zero-order valence-electron chi connectivity index (χ0n) is 9.13. The van der Waals surface area contributed by atoms with E-state index >= 15 is 0 Å². The van der Waals surface area contributed by atoms with Gasteiger partial charge in [-0.3, -0.25) is 14.9 Å². The molecule has 0 aliphatic carbocycles. The van der Waals surface area contributed by atoms with E-state index in [-0.39, 0.29) is 5.69 Å². The van der Waals surface area contributed by atoms with Crippen LogP contribution in [-0.2, 0) is 6.54 Å². The van der Waals surface area contributed by atoms with Gasteiger partial charge in [0, 0.05) is 18.8 Å². The molecule has 86 valence electrons. The summed E-state index contributed by atoms with van der Waals surface area (Å²) in [5.41, 5.74) is -0.924. The van der Waals surface area contributed by atoms with Crippen molar-refractivity contribution < 1.29 is 4.92 Å². The van der Waals surface area contributed by atoms with Crippen LogP contribution >= 0.6 is 0 Å². The zero-order chi connectivity index (χ0) is 12.0. The Labute approximate surface area is 93.2 Å². The lowest BCUT2D eigenvalue weighted by atomic mass is 10.3. The van der Waals surface area contributed by atoms with E-state index < -0.39 is 10.4 Å². The zero-order valence-corrected chi connectivity index (χ0v) is 9.13. The molecule has 0 bridgehead atoms. The maximum atomic E-state index is 11.1. The molecule has 0 aliphatic heterocycles. The number of hydrogen-bond donors (Lipinski definition) is 0. The van der Waals surface area contributed by atoms with Gasteiger partial charge >= 0.3 is 5.69 Å². The Morgan fingerprint density at radius 3 is 2.88 bits per heavy atom. The number of aryl methyl sites for hydroxylation is 1. The van der Waals surface area contributed by atoms with Gasteiger partial charge in [0.2, 0.25) is 0 Å². The summed E-state index contributed by atoms with van der Waals surface area (Å²) in [5.74, 6) is 0. The van der Waals surface area contributed by atoms with E-state index in [0.29, 0.717) is 6.54 Å². The van der Waals surface area contributed by atoms with Gasteiger partial charge in [-0.1, -0.05) is 19.1 Å². The quantitative estimate of drug-likeness (QED) is 0.435. The van der Waals surface area contributed by atoms with Crippen molar-refractivity contribution in [2.24, 2.45) is 0 Å². The predicted octanol–water partition coefficient (Wildman–Crippen LogP) is 2.11. The van der Waals surface area contributed by atoms with E-state index in [1.807, 2.05) is 19.1 Å². The lowest BCUT2D eigenvalue weighted by Gasteiger charge is -2.02. The summed E-state index contributed by atoms with van der Waals surface area (Å²) in [5, 5.41) is 10.5. The van der Waals surface area contributed by atoms with Crippen molar-refractivity contribution in [1.29, 1.82) is 0 Å². The molecule has 16 heavy (non-hydrogen) atoms. The molecule has 0 spiro atoms. The minimum Gasteiger partial charge on any atom is -0.348 e. The molecule has 1 rings (SSSR count). The molecule has 0 radical (unpaired) electrons. The molecular weight excluding hydrogens is 208 g/mol. The highest BCUT2D eigenvalue weighted by atomic mass is 16.6. The standard InChI is InChI=1S/C11H14N2O3/c1-2-3-4-5-7-12-8-6-11(14)10(9-12)13(15)16/h3-4,6,8-9H,2,5,7H2,1H3. The Hall–Kier alpha value is -1.91. The second-order valence-corrected chi connectivity index (χ2v) is 3.36. The van der Waals surface area contributed by atoms with Crippen LogP contribution in [0.2, 0.25) is 0 Å². The fourth-order valence-electron chi connectivity index (χ4n) is 1.30. The summed E-state index contributed by atoms with van der Waals surface area (Å²) in [6, 6.07) is 1.22. The number of rotatable bonds is 5. The molecular formula is C11H14N2O3. The summed E-state index contributed by atoms with van der Waals surface area (Å²) >= 11 is 0.